The lowest BCUT2D eigenvalue weighted by Crippen LogP contribution is -2.15. The van der Waals surface area contributed by atoms with Crippen LogP contribution in [0.4, 0.5) is 14.5 Å². The number of anilines is 1. The van der Waals surface area contributed by atoms with Gasteiger partial charge in [0, 0.05) is 33.0 Å². The summed E-state index contributed by atoms with van der Waals surface area (Å²) in [5.41, 5.74) is 3.34. The van der Waals surface area contributed by atoms with Gasteiger partial charge in [-0.2, -0.15) is 0 Å². The number of halogens is 3. The quantitative estimate of drug-likeness (QED) is 0.235. The van der Waals surface area contributed by atoms with Crippen molar-refractivity contribution >= 4 is 35.0 Å². The summed E-state index contributed by atoms with van der Waals surface area (Å²) in [6, 6.07) is 25.9. The first kappa shape index (κ1) is 24.8. The predicted molar refractivity (Wildman–Crippen MR) is 137 cm³/mol. The van der Waals surface area contributed by atoms with Crippen LogP contribution in [0.5, 0.6) is 5.75 Å². The van der Waals surface area contributed by atoms with Gasteiger partial charge in [-0.25, -0.2) is 8.78 Å². The summed E-state index contributed by atoms with van der Waals surface area (Å²) in [4.78, 5) is 13.5. The molecule has 0 aromatic heterocycles. The molecule has 4 aromatic carbocycles. The highest BCUT2D eigenvalue weighted by Gasteiger charge is 2.12. The SMILES string of the molecule is O=C(Cc1ccccc1Cl)Nc1ccc(COc2ccc(F)cc2F)c(SCc2ccccc2)c1. The Morgan fingerprint density at radius 1 is 0.886 bits per heavy atom. The zero-order valence-electron chi connectivity index (χ0n) is 18.6. The first-order valence-electron chi connectivity index (χ1n) is 10.9. The summed E-state index contributed by atoms with van der Waals surface area (Å²) in [6.45, 7) is 0.0908. The van der Waals surface area contributed by atoms with E-state index in [0.29, 0.717) is 16.5 Å². The molecule has 0 saturated heterocycles. The van der Waals surface area contributed by atoms with Gasteiger partial charge in [0.2, 0.25) is 5.91 Å². The molecule has 0 aliphatic carbocycles. The number of rotatable bonds is 9. The van der Waals surface area contributed by atoms with Gasteiger partial charge >= 0.3 is 0 Å². The summed E-state index contributed by atoms with van der Waals surface area (Å²) in [5.74, 6) is -0.926. The molecule has 0 unspecified atom stereocenters. The average Bonchev–Trinajstić information content (AvgIpc) is 2.85. The normalized spacial score (nSPS) is 10.7. The third kappa shape index (κ3) is 7.07. The lowest BCUT2D eigenvalue weighted by Gasteiger charge is -2.14. The number of benzene rings is 4. The first-order chi connectivity index (χ1) is 17.0. The molecular formula is C28H22ClF2NO2S. The van der Waals surface area contributed by atoms with E-state index in [-0.39, 0.29) is 24.7 Å². The molecule has 0 aliphatic rings. The second-order valence-corrected chi connectivity index (χ2v) is 9.20. The van der Waals surface area contributed by atoms with Crippen LogP contribution in [0, 0.1) is 11.6 Å². The largest absolute Gasteiger partial charge is 0.486 e. The molecule has 0 radical (unpaired) electrons. The Labute approximate surface area is 212 Å². The van der Waals surface area contributed by atoms with Crippen molar-refractivity contribution in [3.8, 4) is 5.75 Å². The van der Waals surface area contributed by atoms with Gasteiger partial charge in [0.1, 0.15) is 12.4 Å². The van der Waals surface area contributed by atoms with Crippen molar-refractivity contribution in [2.75, 3.05) is 5.32 Å². The molecule has 0 aliphatic heterocycles. The van der Waals surface area contributed by atoms with E-state index >= 15 is 0 Å². The van der Waals surface area contributed by atoms with Crippen molar-refractivity contribution < 1.29 is 18.3 Å². The molecule has 1 amide bonds. The Kier molecular flexibility index (Phi) is 8.40. The number of thioether (sulfide) groups is 1. The molecule has 3 nitrogen and oxygen atoms in total. The fourth-order valence-corrected chi connectivity index (χ4v) is 4.63. The van der Waals surface area contributed by atoms with Crippen LogP contribution >= 0.6 is 23.4 Å². The summed E-state index contributed by atoms with van der Waals surface area (Å²) >= 11 is 7.76. The van der Waals surface area contributed by atoms with E-state index in [9.17, 15) is 13.6 Å². The number of hydrogen-bond acceptors (Lipinski definition) is 3. The summed E-state index contributed by atoms with van der Waals surface area (Å²) in [6.07, 6.45) is 0.154. The number of nitrogens with one attached hydrogen (secondary N) is 1. The highest BCUT2D eigenvalue weighted by atomic mass is 35.5. The van der Waals surface area contributed by atoms with Gasteiger partial charge in [0.05, 0.1) is 6.42 Å². The number of carbonyl (C=O) groups excluding carboxylic acids is 1. The zero-order valence-corrected chi connectivity index (χ0v) is 20.2. The predicted octanol–water partition coefficient (Wildman–Crippen LogP) is 7.67. The number of amides is 1. The number of carbonyl (C=O) groups is 1. The van der Waals surface area contributed by atoms with Crippen LogP contribution in [0.25, 0.3) is 0 Å². The third-order valence-electron chi connectivity index (χ3n) is 5.17. The Bertz CT molecular complexity index is 1320. The molecule has 178 valence electrons. The van der Waals surface area contributed by atoms with Gasteiger partial charge in [-0.05, 0) is 41.5 Å². The molecule has 0 atom stereocenters. The summed E-state index contributed by atoms with van der Waals surface area (Å²) in [7, 11) is 0. The summed E-state index contributed by atoms with van der Waals surface area (Å²) in [5, 5.41) is 3.46. The second-order valence-electron chi connectivity index (χ2n) is 7.78. The van der Waals surface area contributed by atoms with Gasteiger partial charge in [-0.3, -0.25) is 4.79 Å². The molecule has 7 heteroatoms. The fraction of sp³-hybridized carbons (Fsp3) is 0.107. The molecule has 4 aromatic rings. The smallest absolute Gasteiger partial charge is 0.228 e. The maximum Gasteiger partial charge on any atom is 0.228 e. The minimum atomic E-state index is -0.757. The lowest BCUT2D eigenvalue weighted by molar-refractivity contribution is -0.115. The van der Waals surface area contributed by atoms with E-state index in [0.717, 1.165) is 33.7 Å². The van der Waals surface area contributed by atoms with Gasteiger partial charge in [0.15, 0.2) is 11.6 Å². The van der Waals surface area contributed by atoms with Crippen LogP contribution < -0.4 is 10.1 Å². The van der Waals surface area contributed by atoms with Crippen LogP contribution in [-0.2, 0) is 23.6 Å². The van der Waals surface area contributed by atoms with E-state index in [1.54, 1.807) is 23.9 Å². The molecule has 4 rings (SSSR count). The van der Waals surface area contributed by atoms with E-state index in [1.165, 1.54) is 6.07 Å². The first-order valence-corrected chi connectivity index (χ1v) is 12.2. The highest BCUT2D eigenvalue weighted by molar-refractivity contribution is 7.98. The number of ether oxygens (including phenoxy) is 1. The highest BCUT2D eigenvalue weighted by Crippen LogP contribution is 2.31. The van der Waals surface area contributed by atoms with Crippen molar-refractivity contribution in [3.63, 3.8) is 0 Å². The van der Waals surface area contributed by atoms with E-state index in [1.807, 2.05) is 60.7 Å². The monoisotopic (exact) mass is 509 g/mol. The van der Waals surface area contributed by atoms with E-state index in [2.05, 4.69) is 5.32 Å². The second kappa shape index (κ2) is 11.9. The van der Waals surface area contributed by atoms with Crippen molar-refractivity contribution in [1.29, 1.82) is 0 Å². The minimum absolute atomic E-state index is 0.0254. The van der Waals surface area contributed by atoms with Gasteiger partial charge in [-0.15, -0.1) is 11.8 Å². The Morgan fingerprint density at radius 2 is 1.66 bits per heavy atom. The Hall–Kier alpha value is -3.35. The molecule has 1 N–H and O–H groups in total. The minimum Gasteiger partial charge on any atom is -0.486 e. The summed E-state index contributed by atoms with van der Waals surface area (Å²) < 4.78 is 32.8. The number of hydrogen-bond donors (Lipinski definition) is 1. The van der Waals surface area contributed by atoms with E-state index < -0.39 is 11.6 Å². The van der Waals surface area contributed by atoms with Crippen molar-refractivity contribution in [1.82, 2.24) is 0 Å². The van der Waals surface area contributed by atoms with Crippen LogP contribution in [0.15, 0.2) is 95.9 Å². The van der Waals surface area contributed by atoms with Gasteiger partial charge in [-0.1, -0.05) is 66.2 Å². The van der Waals surface area contributed by atoms with Crippen LogP contribution in [-0.4, -0.2) is 5.91 Å². The molecule has 0 spiro atoms. The lowest BCUT2D eigenvalue weighted by atomic mass is 10.1. The van der Waals surface area contributed by atoms with Crippen molar-refractivity contribution in [2.24, 2.45) is 0 Å². The zero-order chi connectivity index (χ0) is 24.6. The van der Waals surface area contributed by atoms with Crippen LogP contribution in [0.1, 0.15) is 16.7 Å². The maximum absolute atomic E-state index is 14.0. The molecule has 0 saturated carbocycles. The molecule has 0 heterocycles. The maximum atomic E-state index is 14.0. The van der Waals surface area contributed by atoms with Crippen LogP contribution in [0.3, 0.4) is 0 Å². The molecular weight excluding hydrogens is 488 g/mol. The fourth-order valence-electron chi connectivity index (χ4n) is 3.39. The van der Waals surface area contributed by atoms with Crippen LogP contribution in [0.2, 0.25) is 5.02 Å². The Balaban J connectivity index is 1.50. The topological polar surface area (TPSA) is 38.3 Å². The van der Waals surface area contributed by atoms with Crippen molar-refractivity contribution in [2.45, 2.75) is 23.7 Å². The van der Waals surface area contributed by atoms with Gasteiger partial charge in [0.25, 0.3) is 0 Å². The standard InChI is InChI=1S/C28H22ClF2NO2S/c29-24-9-5-4-8-20(24)14-28(33)32-23-12-10-21(17-34-26-13-11-22(30)15-25(26)31)27(16-23)35-18-19-6-2-1-3-7-19/h1-13,15-16H,14,17-18H2,(H,32,33). The third-order valence-corrected chi connectivity index (χ3v) is 6.71. The van der Waals surface area contributed by atoms with E-state index in [4.69, 9.17) is 16.3 Å². The Morgan fingerprint density at radius 3 is 2.43 bits per heavy atom. The molecule has 0 fully saturated rings. The molecule has 35 heavy (non-hydrogen) atoms. The average molecular weight is 510 g/mol. The molecule has 0 bridgehead atoms. The van der Waals surface area contributed by atoms with Crippen molar-refractivity contribution in [3.05, 3.63) is 124 Å². The van der Waals surface area contributed by atoms with Gasteiger partial charge < -0.3 is 10.1 Å².